The van der Waals surface area contributed by atoms with Gasteiger partial charge in [0.2, 0.25) is 10.0 Å². The van der Waals surface area contributed by atoms with Crippen molar-refractivity contribution < 1.29 is 12.8 Å². The third kappa shape index (κ3) is 3.39. The Morgan fingerprint density at radius 2 is 1.96 bits per heavy atom. The first-order valence-corrected chi connectivity index (χ1v) is 9.82. The van der Waals surface area contributed by atoms with Gasteiger partial charge in [-0.05, 0) is 36.4 Å². The lowest BCUT2D eigenvalue weighted by molar-refractivity contribution is 0.426. The third-order valence-electron chi connectivity index (χ3n) is 3.54. The Bertz CT molecular complexity index is 1040. The van der Waals surface area contributed by atoms with Crippen LogP contribution >= 0.6 is 22.9 Å². The van der Waals surface area contributed by atoms with Gasteiger partial charge in [-0.15, -0.1) is 11.3 Å². The maximum absolute atomic E-state index is 12.9. The summed E-state index contributed by atoms with van der Waals surface area (Å²) in [5.74, 6) is 0. The van der Waals surface area contributed by atoms with Crippen molar-refractivity contribution in [3.63, 3.8) is 0 Å². The van der Waals surface area contributed by atoms with Crippen LogP contribution in [0.5, 0.6) is 0 Å². The van der Waals surface area contributed by atoms with Crippen LogP contribution < -0.4 is 5.63 Å². The zero-order valence-electron chi connectivity index (χ0n) is 12.7. The van der Waals surface area contributed by atoms with Crippen LogP contribution in [0.25, 0.3) is 11.0 Å². The number of rotatable bonds is 5. The van der Waals surface area contributed by atoms with Gasteiger partial charge in [-0.25, -0.2) is 13.2 Å². The average molecular weight is 384 g/mol. The quantitative estimate of drug-likeness (QED) is 0.630. The number of halogens is 1. The van der Waals surface area contributed by atoms with Gasteiger partial charge in [0.25, 0.3) is 0 Å². The molecule has 0 radical (unpaired) electrons. The van der Waals surface area contributed by atoms with E-state index in [-0.39, 0.29) is 11.4 Å². The van der Waals surface area contributed by atoms with E-state index in [1.807, 2.05) is 6.07 Å². The van der Waals surface area contributed by atoms with Crippen LogP contribution in [0.3, 0.4) is 0 Å². The van der Waals surface area contributed by atoms with E-state index in [0.717, 1.165) is 4.88 Å². The molecule has 0 saturated carbocycles. The van der Waals surface area contributed by atoms with Gasteiger partial charge in [0.1, 0.15) is 5.58 Å². The summed E-state index contributed by atoms with van der Waals surface area (Å²) in [6.07, 6.45) is 0. The van der Waals surface area contributed by atoms with Gasteiger partial charge in [0.05, 0.1) is 9.23 Å². The minimum Gasteiger partial charge on any atom is -0.423 e. The van der Waals surface area contributed by atoms with Gasteiger partial charge in [-0.1, -0.05) is 18.5 Å². The Balaban J connectivity index is 1.98. The topological polar surface area (TPSA) is 67.6 Å². The molecule has 0 fully saturated rings. The van der Waals surface area contributed by atoms with Crippen molar-refractivity contribution in [1.82, 2.24) is 4.31 Å². The second-order valence-electron chi connectivity index (χ2n) is 5.09. The van der Waals surface area contributed by atoms with E-state index in [0.29, 0.717) is 21.9 Å². The molecule has 0 aliphatic heterocycles. The molecule has 0 aliphatic rings. The van der Waals surface area contributed by atoms with Crippen LogP contribution in [-0.4, -0.2) is 19.3 Å². The van der Waals surface area contributed by atoms with E-state index in [2.05, 4.69) is 0 Å². The fourth-order valence-corrected chi connectivity index (χ4v) is 4.98. The van der Waals surface area contributed by atoms with Gasteiger partial charge in [0, 0.05) is 29.4 Å². The minimum atomic E-state index is -3.66. The summed E-state index contributed by atoms with van der Waals surface area (Å²) in [6.45, 7) is 2.38. The number of hydrogen-bond donors (Lipinski definition) is 0. The smallest absolute Gasteiger partial charge is 0.336 e. The van der Waals surface area contributed by atoms with Crippen LogP contribution in [0.15, 0.2) is 56.6 Å². The zero-order valence-corrected chi connectivity index (χ0v) is 15.1. The Labute approximate surface area is 148 Å². The van der Waals surface area contributed by atoms with Crippen molar-refractivity contribution in [2.75, 3.05) is 6.54 Å². The molecule has 3 aromatic rings. The van der Waals surface area contributed by atoms with Crippen molar-refractivity contribution in [3.8, 4) is 0 Å². The molecular weight excluding hydrogens is 370 g/mol. The molecule has 8 heteroatoms. The summed E-state index contributed by atoms with van der Waals surface area (Å²) in [5, 5.41) is 0.561. The van der Waals surface area contributed by atoms with Crippen molar-refractivity contribution in [2.24, 2.45) is 0 Å². The maximum Gasteiger partial charge on any atom is 0.336 e. The van der Waals surface area contributed by atoms with E-state index >= 15 is 0 Å². The lowest BCUT2D eigenvalue weighted by Crippen LogP contribution is -2.30. The number of benzene rings is 1. The molecule has 0 aliphatic carbocycles. The maximum atomic E-state index is 12.9. The molecule has 3 rings (SSSR count). The highest BCUT2D eigenvalue weighted by atomic mass is 35.5. The highest BCUT2D eigenvalue weighted by Gasteiger charge is 2.24. The van der Waals surface area contributed by atoms with Gasteiger partial charge in [-0.3, -0.25) is 0 Å². The normalized spacial score (nSPS) is 12.1. The number of nitrogens with zero attached hydrogens (tertiary/aromatic N) is 1. The fraction of sp³-hybridized carbons (Fsp3) is 0.188. The molecule has 0 atom stereocenters. The summed E-state index contributed by atoms with van der Waals surface area (Å²) in [7, 11) is -3.66. The Morgan fingerprint density at radius 1 is 1.17 bits per heavy atom. The summed E-state index contributed by atoms with van der Waals surface area (Å²) in [5.41, 5.74) is -0.114. The second kappa shape index (κ2) is 6.68. The highest BCUT2D eigenvalue weighted by Crippen LogP contribution is 2.26. The third-order valence-corrected chi connectivity index (χ3v) is 6.67. The van der Waals surface area contributed by atoms with Crippen molar-refractivity contribution in [3.05, 3.63) is 62.1 Å². The van der Waals surface area contributed by atoms with Gasteiger partial charge in [0.15, 0.2) is 0 Å². The molecule has 126 valence electrons. The summed E-state index contributed by atoms with van der Waals surface area (Å²) in [6, 6.07) is 10.8. The van der Waals surface area contributed by atoms with Crippen LogP contribution in [0.1, 0.15) is 11.8 Å². The molecule has 5 nitrogen and oxygen atoms in total. The van der Waals surface area contributed by atoms with Crippen LogP contribution in [0.4, 0.5) is 0 Å². The standard InChI is InChI=1S/C16H14ClNO4S2/c1-2-18(10-12-4-7-15(17)23-12)24(20,21)13-5-6-14-11(9-13)3-8-16(19)22-14/h3-9H,2,10H2,1H3. The van der Waals surface area contributed by atoms with E-state index < -0.39 is 15.6 Å². The molecule has 0 spiro atoms. The largest absolute Gasteiger partial charge is 0.423 e. The van der Waals surface area contributed by atoms with Crippen molar-refractivity contribution in [1.29, 1.82) is 0 Å². The molecule has 0 N–H and O–H groups in total. The van der Waals surface area contributed by atoms with Crippen molar-refractivity contribution >= 4 is 43.9 Å². The van der Waals surface area contributed by atoms with Crippen LogP contribution in [-0.2, 0) is 16.6 Å². The van der Waals surface area contributed by atoms with Gasteiger partial charge < -0.3 is 4.42 Å². The molecule has 0 bridgehead atoms. The zero-order chi connectivity index (χ0) is 17.3. The molecule has 1 aromatic carbocycles. The molecule has 0 saturated heterocycles. The number of fused-ring (bicyclic) bond motifs is 1. The monoisotopic (exact) mass is 383 g/mol. The summed E-state index contributed by atoms with van der Waals surface area (Å²) < 4.78 is 32.8. The lowest BCUT2D eigenvalue weighted by Gasteiger charge is -2.20. The summed E-state index contributed by atoms with van der Waals surface area (Å²) in [4.78, 5) is 12.3. The molecule has 0 amide bonds. The summed E-state index contributed by atoms with van der Waals surface area (Å²) >= 11 is 7.27. The minimum absolute atomic E-state index is 0.161. The van der Waals surface area contributed by atoms with E-state index in [1.54, 1.807) is 19.1 Å². The predicted octanol–water partition coefficient (Wildman–Crippen LogP) is 3.72. The molecule has 24 heavy (non-hydrogen) atoms. The first kappa shape index (κ1) is 17.2. The molecular formula is C16H14ClNO4S2. The predicted molar refractivity (Wildman–Crippen MR) is 95.1 cm³/mol. The first-order chi connectivity index (χ1) is 11.4. The highest BCUT2D eigenvalue weighted by molar-refractivity contribution is 7.89. The number of thiophene rings is 1. The Kier molecular flexibility index (Phi) is 4.78. The first-order valence-electron chi connectivity index (χ1n) is 7.18. The molecule has 0 unspecified atom stereocenters. The van der Waals surface area contributed by atoms with E-state index in [9.17, 15) is 13.2 Å². The average Bonchev–Trinajstić information content (AvgIpc) is 2.97. The molecule has 2 aromatic heterocycles. The van der Waals surface area contributed by atoms with Crippen LogP contribution in [0.2, 0.25) is 4.34 Å². The van der Waals surface area contributed by atoms with Crippen LogP contribution in [0, 0.1) is 0 Å². The van der Waals surface area contributed by atoms with E-state index in [4.69, 9.17) is 16.0 Å². The number of hydrogen-bond acceptors (Lipinski definition) is 5. The molecule has 2 heterocycles. The fourth-order valence-electron chi connectivity index (χ4n) is 2.34. The lowest BCUT2D eigenvalue weighted by atomic mass is 10.2. The Hall–Kier alpha value is -1.67. The van der Waals surface area contributed by atoms with Gasteiger partial charge >= 0.3 is 5.63 Å². The SMILES string of the molecule is CCN(Cc1ccc(Cl)s1)S(=O)(=O)c1ccc2oc(=O)ccc2c1. The number of sulfonamides is 1. The Morgan fingerprint density at radius 3 is 2.62 bits per heavy atom. The van der Waals surface area contributed by atoms with Crippen molar-refractivity contribution in [2.45, 2.75) is 18.4 Å². The van der Waals surface area contributed by atoms with E-state index in [1.165, 1.54) is 39.9 Å². The van der Waals surface area contributed by atoms with Gasteiger partial charge in [-0.2, -0.15) is 4.31 Å². The second-order valence-corrected chi connectivity index (χ2v) is 8.83.